The third kappa shape index (κ3) is 3.73. The minimum atomic E-state index is 0.103. The maximum absolute atomic E-state index is 11.6. The first-order valence-corrected chi connectivity index (χ1v) is 6.49. The fourth-order valence-electron chi connectivity index (χ4n) is 1.54. The average molecular weight is 299 g/mol. The molecule has 1 amide bonds. The van der Waals surface area contributed by atoms with E-state index in [0.717, 1.165) is 16.7 Å². The Kier molecular flexibility index (Phi) is 5.00. The molecule has 0 saturated heterocycles. The monoisotopic (exact) mass is 298 g/mol. The first-order valence-electron chi connectivity index (χ1n) is 5.70. The fraction of sp³-hybridized carbons (Fsp3) is 0.462. The number of hydrogen-bond donors (Lipinski definition) is 1. The smallest absolute Gasteiger partial charge is 0.241 e. The highest BCUT2D eigenvalue weighted by atomic mass is 79.9. The van der Waals surface area contributed by atoms with Crippen molar-refractivity contribution >= 4 is 27.5 Å². The van der Waals surface area contributed by atoms with Crippen LogP contribution in [0.5, 0.6) is 0 Å². The van der Waals surface area contributed by atoms with E-state index < -0.39 is 0 Å². The maximum atomic E-state index is 11.6. The molecular formula is C13H19BrN2O. The Hall–Kier alpha value is -1.03. The zero-order valence-electron chi connectivity index (χ0n) is 10.8. The number of anilines is 1. The molecule has 0 radical (unpaired) electrons. The van der Waals surface area contributed by atoms with E-state index in [2.05, 4.69) is 21.2 Å². The summed E-state index contributed by atoms with van der Waals surface area (Å²) in [7, 11) is 1.81. The second-order valence-corrected chi connectivity index (χ2v) is 4.98. The van der Waals surface area contributed by atoms with Crippen LogP contribution in [0.4, 0.5) is 5.69 Å². The number of benzene rings is 1. The van der Waals surface area contributed by atoms with Gasteiger partial charge in [0.15, 0.2) is 0 Å². The van der Waals surface area contributed by atoms with Gasteiger partial charge in [0.2, 0.25) is 5.91 Å². The lowest BCUT2D eigenvalue weighted by atomic mass is 10.1. The van der Waals surface area contributed by atoms with Gasteiger partial charge in [0, 0.05) is 23.8 Å². The predicted octanol–water partition coefficient (Wildman–Crippen LogP) is 2.96. The number of nitrogens with zero attached hydrogens (tertiary/aromatic N) is 1. The van der Waals surface area contributed by atoms with E-state index in [-0.39, 0.29) is 5.91 Å². The zero-order chi connectivity index (χ0) is 13.0. The molecule has 0 fully saturated rings. The van der Waals surface area contributed by atoms with Gasteiger partial charge in [-0.2, -0.15) is 0 Å². The lowest BCUT2D eigenvalue weighted by Crippen LogP contribution is -2.31. The van der Waals surface area contributed by atoms with E-state index in [0.29, 0.717) is 6.54 Å². The van der Waals surface area contributed by atoms with Gasteiger partial charge in [-0.25, -0.2) is 0 Å². The largest absolute Gasteiger partial charge is 0.376 e. The number of aryl methyl sites for hydroxylation is 2. The summed E-state index contributed by atoms with van der Waals surface area (Å²) >= 11 is 3.52. The molecule has 0 spiro atoms. The van der Waals surface area contributed by atoms with Crippen LogP contribution in [0.2, 0.25) is 0 Å². The van der Waals surface area contributed by atoms with Gasteiger partial charge in [-0.1, -0.05) is 15.9 Å². The summed E-state index contributed by atoms with van der Waals surface area (Å²) < 4.78 is 1.13. The zero-order valence-corrected chi connectivity index (χ0v) is 12.4. The number of carbonyl (C=O) groups is 1. The van der Waals surface area contributed by atoms with E-state index in [1.807, 2.05) is 40.0 Å². The molecule has 0 aliphatic heterocycles. The highest BCUT2D eigenvalue weighted by molar-refractivity contribution is 9.10. The Balaban J connectivity index is 2.67. The van der Waals surface area contributed by atoms with Crippen LogP contribution in [0.3, 0.4) is 0 Å². The van der Waals surface area contributed by atoms with Gasteiger partial charge in [-0.15, -0.1) is 0 Å². The quantitative estimate of drug-likeness (QED) is 0.927. The minimum Gasteiger partial charge on any atom is -0.376 e. The van der Waals surface area contributed by atoms with Crippen LogP contribution in [0.1, 0.15) is 18.1 Å². The van der Waals surface area contributed by atoms with Gasteiger partial charge in [-0.05, 0) is 44.0 Å². The average Bonchev–Trinajstić information content (AvgIpc) is 2.31. The molecule has 1 N–H and O–H groups in total. The molecule has 0 aliphatic rings. The molecule has 1 aromatic carbocycles. The summed E-state index contributed by atoms with van der Waals surface area (Å²) in [5.74, 6) is 0.103. The van der Waals surface area contributed by atoms with Crippen LogP contribution >= 0.6 is 15.9 Å². The lowest BCUT2D eigenvalue weighted by Gasteiger charge is -2.16. The van der Waals surface area contributed by atoms with Crippen molar-refractivity contribution < 1.29 is 4.79 Å². The molecule has 4 heteroatoms. The van der Waals surface area contributed by atoms with E-state index >= 15 is 0 Å². The summed E-state index contributed by atoms with van der Waals surface area (Å²) in [4.78, 5) is 13.3. The van der Waals surface area contributed by atoms with Gasteiger partial charge in [-0.3, -0.25) is 4.79 Å². The first-order chi connectivity index (χ1) is 7.95. The molecule has 94 valence electrons. The van der Waals surface area contributed by atoms with Crippen molar-refractivity contribution in [3.8, 4) is 0 Å². The molecule has 0 saturated carbocycles. The topological polar surface area (TPSA) is 32.3 Å². The lowest BCUT2D eigenvalue weighted by molar-refractivity contribution is -0.127. The third-order valence-electron chi connectivity index (χ3n) is 2.78. The Labute approximate surface area is 111 Å². The minimum absolute atomic E-state index is 0.103. The molecule has 0 aromatic heterocycles. The number of carbonyl (C=O) groups excluding carboxylic acids is 1. The van der Waals surface area contributed by atoms with Crippen LogP contribution in [0, 0.1) is 13.8 Å². The van der Waals surface area contributed by atoms with Crippen LogP contribution < -0.4 is 5.32 Å². The molecule has 0 heterocycles. The third-order valence-corrected chi connectivity index (χ3v) is 4.03. The Morgan fingerprint density at radius 3 is 2.35 bits per heavy atom. The Morgan fingerprint density at radius 2 is 1.88 bits per heavy atom. The van der Waals surface area contributed by atoms with E-state index in [9.17, 15) is 4.79 Å². The summed E-state index contributed by atoms with van der Waals surface area (Å²) in [6.45, 7) is 7.13. The van der Waals surface area contributed by atoms with Crippen molar-refractivity contribution in [3.63, 3.8) is 0 Å². The van der Waals surface area contributed by atoms with E-state index in [4.69, 9.17) is 0 Å². The molecule has 0 unspecified atom stereocenters. The fourth-order valence-corrected chi connectivity index (χ4v) is 1.77. The second kappa shape index (κ2) is 6.05. The highest BCUT2D eigenvalue weighted by Gasteiger charge is 2.07. The van der Waals surface area contributed by atoms with E-state index in [1.165, 1.54) is 11.1 Å². The summed E-state index contributed by atoms with van der Waals surface area (Å²) in [5.41, 5.74) is 3.33. The number of rotatable bonds is 4. The second-order valence-electron chi connectivity index (χ2n) is 4.19. The molecular weight excluding hydrogens is 280 g/mol. The van der Waals surface area contributed by atoms with Crippen molar-refractivity contribution in [2.75, 3.05) is 25.5 Å². The summed E-state index contributed by atoms with van der Waals surface area (Å²) in [6, 6.07) is 4.08. The van der Waals surface area contributed by atoms with Crippen LogP contribution in [0.15, 0.2) is 16.6 Å². The summed E-state index contributed by atoms with van der Waals surface area (Å²) in [5, 5.41) is 3.16. The number of hydrogen-bond acceptors (Lipinski definition) is 2. The standard InChI is InChI=1S/C13H19BrN2O/c1-5-16(4)12(17)8-15-11-6-9(2)13(14)10(3)7-11/h6-7,15H,5,8H2,1-4H3. The van der Waals surface area contributed by atoms with Crippen LogP contribution in [-0.2, 0) is 4.79 Å². The molecule has 3 nitrogen and oxygen atoms in total. The van der Waals surface area contributed by atoms with Crippen molar-refractivity contribution in [3.05, 3.63) is 27.7 Å². The van der Waals surface area contributed by atoms with Gasteiger partial charge >= 0.3 is 0 Å². The summed E-state index contributed by atoms with van der Waals surface area (Å²) in [6.07, 6.45) is 0. The molecule has 1 rings (SSSR count). The normalized spacial score (nSPS) is 10.2. The van der Waals surface area contributed by atoms with Gasteiger partial charge in [0.25, 0.3) is 0 Å². The Morgan fingerprint density at radius 1 is 1.35 bits per heavy atom. The van der Waals surface area contributed by atoms with E-state index in [1.54, 1.807) is 4.90 Å². The number of nitrogens with one attached hydrogen (secondary N) is 1. The molecule has 0 atom stereocenters. The van der Waals surface area contributed by atoms with Gasteiger partial charge < -0.3 is 10.2 Å². The number of halogens is 1. The first kappa shape index (κ1) is 14.0. The molecule has 0 aliphatic carbocycles. The maximum Gasteiger partial charge on any atom is 0.241 e. The number of amides is 1. The van der Waals surface area contributed by atoms with Crippen molar-refractivity contribution in [1.29, 1.82) is 0 Å². The SMILES string of the molecule is CCN(C)C(=O)CNc1cc(C)c(Br)c(C)c1. The molecule has 0 bridgehead atoms. The Bertz CT molecular complexity index is 395. The van der Waals surface area contributed by atoms with Gasteiger partial charge in [0.1, 0.15) is 0 Å². The predicted molar refractivity (Wildman–Crippen MR) is 75.4 cm³/mol. The van der Waals surface area contributed by atoms with Crippen molar-refractivity contribution in [2.24, 2.45) is 0 Å². The van der Waals surface area contributed by atoms with Crippen LogP contribution in [-0.4, -0.2) is 30.9 Å². The molecule has 1 aromatic rings. The molecule has 17 heavy (non-hydrogen) atoms. The van der Waals surface area contributed by atoms with Crippen LogP contribution in [0.25, 0.3) is 0 Å². The van der Waals surface area contributed by atoms with Crippen molar-refractivity contribution in [1.82, 2.24) is 4.90 Å². The van der Waals surface area contributed by atoms with Crippen molar-refractivity contribution in [2.45, 2.75) is 20.8 Å². The van der Waals surface area contributed by atoms with Gasteiger partial charge in [0.05, 0.1) is 6.54 Å². The highest BCUT2D eigenvalue weighted by Crippen LogP contribution is 2.24. The number of likely N-dealkylation sites (N-methyl/N-ethyl adjacent to an activating group) is 1.